The van der Waals surface area contributed by atoms with Gasteiger partial charge in [0.2, 0.25) is 0 Å². The minimum absolute atomic E-state index is 0.0420. The molecule has 0 N–H and O–H groups in total. The smallest absolute Gasteiger partial charge is 0.164 e. The minimum Gasteiger partial charge on any atom is -0.456 e. The van der Waals surface area contributed by atoms with E-state index in [0.29, 0.717) is 27.9 Å². The SMILES string of the molecule is [2H]c1c([2H])c([2H])c(-c2nc(-c3ccc4c(c3)oc3cc(-n5c6ccccc6c6ccccc65)ccc34)nc(-c3ccc4oc5ccccc5c4c3)n2)c([2H])c1[2H]. The van der Waals surface area contributed by atoms with E-state index in [9.17, 15) is 0 Å². The fourth-order valence-electron chi connectivity index (χ4n) is 7.22. The second-order valence-corrected chi connectivity index (χ2v) is 12.5. The van der Waals surface area contributed by atoms with Crippen LogP contribution in [0.25, 0.3) is 106 Å². The Morgan fingerprint density at radius 3 is 1.69 bits per heavy atom. The predicted octanol–water partition coefficient (Wildman–Crippen LogP) is 11.8. The molecular weight excluding hydrogens is 629 g/mol. The predicted molar refractivity (Wildman–Crippen MR) is 205 cm³/mol. The summed E-state index contributed by atoms with van der Waals surface area (Å²) in [6.45, 7) is 0. The molecule has 0 saturated heterocycles. The summed E-state index contributed by atoms with van der Waals surface area (Å²) < 4.78 is 57.2. The highest BCUT2D eigenvalue weighted by Crippen LogP contribution is 2.37. The number of nitrogens with zero attached hydrogens (tertiary/aromatic N) is 4. The molecule has 0 bridgehead atoms. The summed E-state index contributed by atoms with van der Waals surface area (Å²) >= 11 is 0. The van der Waals surface area contributed by atoms with Gasteiger partial charge in [-0.2, -0.15) is 0 Å². The van der Waals surface area contributed by atoms with Crippen molar-refractivity contribution in [2.45, 2.75) is 0 Å². The van der Waals surface area contributed by atoms with Gasteiger partial charge in [-0.05, 0) is 60.7 Å². The van der Waals surface area contributed by atoms with Crippen molar-refractivity contribution >= 4 is 65.7 Å². The van der Waals surface area contributed by atoms with Crippen molar-refractivity contribution in [2.24, 2.45) is 0 Å². The lowest BCUT2D eigenvalue weighted by Crippen LogP contribution is -2.00. The van der Waals surface area contributed by atoms with E-state index in [4.69, 9.17) is 30.6 Å². The molecule has 0 aliphatic rings. The van der Waals surface area contributed by atoms with E-state index in [-0.39, 0.29) is 23.0 Å². The summed E-state index contributed by atoms with van der Waals surface area (Å²) in [4.78, 5) is 14.4. The van der Waals surface area contributed by atoms with Crippen LogP contribution in [-0.4, -0.2) is 19.5 Å². The van der Waals surface area contributed by atoms with Crippen LogP contribution in [-0.2, 0) is 0 Å². The van der Waals surface area contributed by atoms with E-state index in [1.807, 2.05) is 72.8 Å². The van der Waals surface area contributed by atoms with E-state index in [1.54, 1.807) is 0 Å². The first-order valence-electron chi connectivity index (χ1n) is 19.0. The molecule has 0 unspecified atom stereocenters. The average Bonchev–Trinajstić information content (AvgIpc) is 3.90. The molecule has 11 aromatic rings. The third-order valence-electron chi connectivity index (χ3n) is 9.55. The van der Waals surface area contributed by atoms with Gasteiger partial charge in [0.1, 0.15) is 22.3 Å². The van der Waals surface area contributed by atoms with Crippen molar-refractivity contribution in [3.05, 3.63) is 158 Å². The van der Waals surface area contributed by atoms with Crippen molar-refractivity contribution in [1.29, 1.82) is 0 Å². The zero-order valence-corrected chi connectivity index (χ0v) is 26.7. The molecule has 51 heavy (non-hydrogen) atoms. The monoisotopic (exact) mass is 659 g/mol. The first-order chi connectivity index (χ1) is 27.3. The summed E-state index contributed by atoms with van der Waals surface area (Å²) in [5.74, 6) is 0.478. The maximum Gasteiger partial charge on any atom is 0.164 e. The molecular formula is C45H26N4O2. The molecule has 6 heteroatoms. The lowest BCUT2D eigenvalue weighted by molar-refractivity contribution is 0.668. The number of hydrogen-bond acceptors (Lipinski definition) is 5. The van der Waals surface area contributed by atoms with E-state index in [2.05, 4.69) is 59.2 Å². The molecule has 6 nitrogen and oxygen atoms in total. The van der Waals surface area contributed by atoms with Crippen LogP contribution in [0.1, 0.15) is 6.85 Å². The van der Waals surface area contributed by atoms with Gasteiger partial charge in [-0.3, -0.25) is 0 Å². The number of furan rings is 2. The van der Waals surface area contributed by atoms with Crippen LogP contribution in [0.4, 0.5) is 0 Å². The van der Waals surface area contributed by atoms with Crippen molar-refractivity contribution in [3.63, 3.8) is 0 Å². The summed E-state index contributed by atoms with van der Waals surface area (Å²) in [5.41, 5.74) is 7.10. The molecule has 0 atom stereocenters. The Hall–Kier alpha value is -7.05. The van der Waals surface area contributed by atoms with Gasteiger partial charge < -0.3 is 13.4 Å². The van der Waals surface area contributed by atoms with Gasteiger partial charge in [0, 0.05) is 60.8 Å². The second-order valence-electron chi connectivity index (χ2n) is 12.5. The summed E-state index contributed by atoms with van der Waals surface area (Å²) in [7, 11) is 0. The van der Waals surface area contributed by atoms with E-state index in [0.717, 1.165) is 43.8 Å². The zero-order chi connectivity index (χ0) is 37.8. The number of hydrogen-bond donors (Lipinski definition) is 0. The minimum atomic E-state index is -0.493. The lowest BCUT2D eigenvalue weighted by atomic mass is 10.1. The Balaban J connectivity index is 1.09. The average molecular weight is 660 g/mol. The normalized spacial score (nSPS) is 13.3. The van der Waals surface area contributed by atoms with Crippen LogP contribution < -0.4 is 0 Å². The number of rotatable bonds is 4. The fraction of sp³-hybridized carbons (Fsp3) is 0. The highest BCUT2D eigenvalue weighted by atomic mass is 16.3. The summed E-state index contributed by atoms with van der Waals surface area (Å²) in [5, 5.41) is 6.02. The molecule has 0 aliphatic heterocycles. The third-order valence-corrected chi connectivity index (χ3v) is 9.55. The highest BCUT2D eigenvalue weighted by molar-refractivity contribution is 6.10. The van der Waals surface area contributed by atoms with Crippen molar-refractivity contribution in [3.8, 4) is 39.9 Å². The van der Waals surface area contributed by atoms with Crippen LogP contribution in [0.3, 0.4) is 0 Å². The van der Waals surface area contributed by atoms with E-state index < -0.39 is 30.2 Å². The first kappa shape index (κ1) is 23.3. The Morgan fingerprint density at radius 1 is 0.412 bits per heavy atom. The molecule has 4 heterocycles. The van der Waals surface area contributed by atoms with E-state index >= 15 is 0 Å². The van der Waals surface area contributed by atoms with Gasteiger partial charge >= 0.3 is 0 Å². The Morgan fingerprint density at radius 2 is 0.941 bits per heavy atom. The molecule has 238 valence electrons. The third kappa shape index (κ3) is 4.33. The van der Waals surface area contributed by atoms with Crippen molar-refractivity contribution < 1.29 is 15.7 Å². The van der Waals surface area contributed by atoms with Gasteiger partial charge in [-0.15, -0.1) is 0 Å². The number of para-hydroxylation sites is 3. The van der Waals surface area contributed by atoms with Gasteiger partial charge in [0.25, 0.3) is 0 Å². The standard InChI is InChI=1S/C45H26N4O2/c1-2-10-27(11-3-1)43-46-44(28-19-23-40-36(24-28)33-14-6-9-17-39(33)50-40)48-45(47-43)29-18-21-34-35-22-20-30(26-42(35)51-41(34)25-29)49-37-15-7-4-12-31(37)32-13-5-8-16-38(32)49/h1-26H/i1D,2D,3D,10D,11D. The van der Waals surface area contributed by atoms with Crippen LogP contribution in [0, 0.1) is 0 Å². The Labute approximate surface area is 297 Å². The second kappa shape index (κ2) is 10.7. The quantitative estimate of drug-likeness (QED) is 0.188. The Kier molecular flexibility index (Phi) is 4.91. The molecule has 0 spiro atoms. The Bertz CT molecular complexity index is 3380. The molecule has 0 aliphatic carbocycles. The number of aromatic nitrogens is 4. The highest BCUT2D eigenvalue weighted by Gasteiger charge is 2.17. The largest absolute Gasteiger partial charge is 0.456 e. The van der Waals surface area contributed by atoms with Gasteiger partial charge in [-0.25, -0.2) is 15.0 Å². The zero-order valence-electron chi connectivity index (χ0n) is 31.7. The topological polar surface area (TPSA) is 69.9 Å². The van der Waals surface area contributed by atoms with Gasteiger partial charge in [0.15, 0.2) is 17.5 Å². The maximum atomic E-state index is 8.73. The summed E-state index contributed by atoms with van der Waals surface area (Å²) in [6.07, 6.45) is 0. The molecule has 7 aromatic carbocycles. The van der Waals surface area contributed by atoms with Crippen molar-refractivity contribution in [2.75, 3.05) is 0 Å². The number of fused-ring (bicyclic) bond motifs is 9. The van der Waals surface area contributed by atoms with E-state index in [1.165, 1.54) is 10.8 Å². The van der Waals surface area contributed by atoms with Crippen LogP contribution in [0.2, 0.25) is 0 Å². The molecule has 4 aromatic heterocycles. The molecule has 11 rings (SSSR count). The number of benzene rings is 7. The van der Waals surface area contributed by atoms with Gasteiger partial charge in [0.05, 0.1) is 17.9 Å². The summed E-state index contributed by atoms with van der Waals surface area (Å²) in [6, 6.07) is 39.9. The van der Waals surface area contributed by atoms with Crippen LogP contribution in [0.15, 0.2) is 166 Å². The first-order valence-corrected chi connectivity index (χ1v) is 16.5. The van der Waals surface area contributed by atoms with Crippen molar-refractivity contribution in [1.82, 2.24) is 19.5 Å². The van der Waals surface area contributed by atoms with Crippen LogP contribution >= 0.6 is 0 Å². The fourth-order valence-corrected chi connectivity index (χ4v) is 7.22. The molecule has 0 radical (unpaired) electrons. The lowest BCUT2D eigenvalue weighted by Gasteiger charge is -2.08. The van der Waals surface area contributed by atoms with Crippen LogP contribution in [0.5, 0.6) is 0 Å². The molecule has 0 amide bonds. The maximum absolute atomic E-state index is 8.73. The molecule has 0 fully saturated rings. The van der Waals surface area contributed by atoms with Gasteiger partial charge in [-0.1, -0.05) is 90.9 Å². The molecule has 0 saturated carbocycles.